The standard InChI is InChI=1S/C23H28BrClN2O3/c1-4-12-26-23(29)20(5-2)27(14-17-8-6-16(3)7-9-17)22(28)15-30-21-11-10-18(25)13-19(21)24/h6-11,13,20H,4-5,12,14-15H2,1-3H3,(H,26,29)/t20-/m0/s1. The lowest BCUT2D eigenvalue weighted by Crippen LogP contribution is -2.50. The first-order valence-electron chi connectivity index (χ1n) is 10.1. The average molecular weight is 496 g/mol. The van der Waals surface area contributed by atoms with E-state index in [0.717, 1.165) is 17.5 Å². The van der Waals surface area contributed by atoms with Crippen LogP contribution in [0.15, 0.2) is 46.9 Å². The fraction of sp³-hybridized carbons (Fsp3) is 0.391. The molecule has 2 amide bonds. The molecule has 2 aromatic rings. The molecule has 0 aliphatic heterocycles. The molecular formula is C23H28BrClN2O3. The first-order chi connectivity index (χ1) is 14.3. The monoisotopic (exact) mass is 494 g/mol. The van der Waals surface area contributed by atoms with Gasteiger partial charge < -0.3 is 15.0 Å². The van der Waals surface area contributed by atoms with Crippen LogP contribution in [0.4, 0.5) is 0 Å². The molecule has 1 atom stereocenters. The van der Waals surface area contributed by atoms with Gasteiger partial charge in [0.05, 0.1) is 4.47 Å². The van der Waals surface area contributed by atoms with Crippen LogP contribution in [0.3, 0.4) is 0 Å². The van der Waals surface area contributed by atoms with E-state index in [0.29, 0.717) is 34.8 Å². The third kappa shape index (κ3) is 7.03. The highest BCUT2D eigenvalue weighted by Crippen LogP contribution is 2.28. The molecule has 0 heterocycles. The quantitative estimate of drug-likeness (QED) is 0.497. The van der Waals surface area contributed by atoms with E-state index in [1.54, 1.807) is 23.1 Å². The Labute approximate surface area is 191 Å². The van der Waals surface area contributed by atoms with Crippen LogP contribution in [0.2, 0.25) is 5.02 Å². The predicted molar refractivity (Wildman–Crippen MR) is 124 cm³/mol. The number of hydrogen-bond donors (Lipinski definition) is 1. The topological polar surface area (TPSA) is 58.6 Å². The minimum absolute atomic E-state index is 0.146. The van der Waals surface area contributed by atoms with E-state index in [1.165, 1.54) is 0 Å². The number of ether oxygens (including phenoxy) is 1. The van der Waals surface area contributed by atoms with E-state index in [1.807, 2.05) is 45.0 Å². The molecular weight excluding hydrogens is 468 g/mol. The molecule has 0 aliphatic rings. The Bertz CT molecular complexity index is 858. The molecule has 162 valence electrons. The van der Waals surface area contributed by atoms with Gasteiger partial charge in [-0.2, -0.15) is 0 Å². The summed E-state index contributed by atoms with van der Waals surface area (Å²) in [5, 5.41) is 3.48. The molecule has 0 aliphatic carbocycles. The Morgan fingerprint density at radius 1 is 1.17 bits per heavy atom. The van der Waals surface area contributed by atoms with Gasteiger partial charge in [-0.05, 0) is 59.5 Å². The first-order valence-corrected chi connectivity index (χ1v) is 11.2. The van der Waals surface area contributed by atoms with E-state index >= 15 is 0 Å². The number of carbonyl (C=O) groups is 2. The summed E-state index contributed by atoms with van der Waals surface area (Å²) in [6.07, 6.45) is 1.35. The third-order valence-corrected chi connectivity index (χ3v) is 5.51. The van der Waals surface area contributed by atoms with Crippen molar-refractivity contribution >= 4 is 39.3 Å². The lowest BCUT2D eigenvalue weighted by molar-refractivity contribution is -0.143. The molecule has 5 nitrogen and oxygen atoms in total. The highest BCUT2D eigenvalue weighted by atomic mass is 79.9. The second-order valence-electron chi connectivity index (χ2n) is 7.09. The molecule has 30 heavy (non-hydrogen) atoms. The van der Waals surface area contributed by atoms with Gasteiger partial charge in [0.2, 0.25) is 5.91 Å². The van der Waals surface area contributed by atoms with E-state index in [4.69, 9.17) is 16.3 Å². The lowest BCUT2D eigenvalue weighted by Gasteiger charge is -2.30. The van der Waals surface area contributed by atoms with E-state index in [2.05, 4.69) is 21.2 Å². The molecule has 7 heteroatoms. The third-order valence-electron chi connectivity index (χ3n) is 4.65. The number of amides is 2. The van der Waals surface area contributed by atoms with Gasteiger partial charge in [0.1, 0.15) is 11.8 Å². The van der Waals surface area contributed by atoms with E-state index in [-0.39, 0.29) is 18.4 Å². The Kier molecular flexibility index (Phi) is 9.66. The normalized spacial score (nSPS) is 11.6. The van der Waals surface area contributed by atoms with Gasteiger partial charge in [-0.1, -0.05) is 55.3 Å². The maximum absolute atomic E-state index is 13.1. The predicted octanol–water partition coefficient (Wildman–Crippen LogP) is 5.12. The second kappa shape index (κ2) is 12.0. The van der Waals surface area contributed by atoms with Gasteiger partial charge in [-0.3, -0.25) is 9.59 Å². The zero-order valence-electron chi connectivity index (χ0n) is 17.6. The molecule has 1 N–H and O–H groups in total. The van der Waals surface area contributed by atoms with Crippen molar-refractivity contribution in [2.45, 2.75) is 46.2 Å². The van der Waals surface area contributed by atoms with Gasteiger partial charge in [0, 0.05) is 18.1 Å². The van der Waals surface area contributed by atoms with Gasteiger partial charge in [-0.25, -0.2) is 0 Å². The molecule has 0 bridgehead atoms. The number of benzene rings is 2. The van der Waals surface area contributed by atoms with Crippen LogP contribution in [-0.4, -0.2) is 35.9 Å². The van der Waals surface area contributed by atoms with Crippen molar-refractivity contribution in [3.63, 3.8) is 0 Å². The van der Waals surface area contributed by atoms with E-state index < -0.39 is 6.04 Å². The van der Waals surface area contributed by atoms with Crippen LogP contribution in [-0.2, 0) is 16.1 Å². The summed E-state index contributed by atoms with van der Waals surface area (Å²) in [7, 11) is 0. The average Bonchev–Trinajstić information content (AvgIpc) is 2.72. The minimum atomic E-state index is -0.567. The fourth-order valence-corrected chi connectivity index (χ4v) is 3.79. The van der Waals surface area contributed by atoms with Gasteiger partial charge in [-0.15, -0.1) is 0 Å². The molecule has 0 unspecified atom stereocenters. The van der Waals surface area contributed by atoms with Crippen molar-refractivity contribution in [2.75, 3.05) is 13.2 Å². The van der Waals surface area contributed by atoms with E-state index in [9.17, 15) is 9.59 Å². The van der Waals surface area contributed by atoms with Crippen molar-refractivity contribution in [1.29, 1.82) is 0 Å². The summed E-state index contributed by atoms with van der Waals surface area (Å²) >= 11 is 9.35. The zero-order valence-corrected chi connectivity index (χ0v) is 19.9. The number of halogens is 2. The Hall–Kier alpha value is -2.05. The number of hydrogen-bond acceptors (Lipinski definition) is 3. The summed E-state index contributed by atoms with van der Waals surface area (Å²) in [5.74, 6) is 0.120. The molecule has 0 saturated carbocycles. The highest BCUT2D eigenvalue weighted by Gasteiger charge is 2.28. The largest absolute Gasteiger partial charge is 0.483 e. The fourth-order valence-electron chi connectivity index (χ4n) is 2.99. The zero-order chi connectivity index (χ0) is 22.1. The lowest BCUT2D eigenvalue weighted by atomic mass is 10.1. The van der Waals surface area contributed by atoms with Crippen LogP contribution in [0.25, 0.3) is 0 Å². The molecule has 2 aromatic carbocycles. The highest BCUT2D eigenvalue weighted by molar-refractivity contribution is 9.10. The Morgan fingerprint density at radius 2 is 1.87 bits per heavy atom. The number of carbonyl (C=O) groups excluding carboxylic acids is 2. The van der Waals surface area contributed by atoms with Gasteiger partial charge in [0.15, 0.2) is 6.61 Å². The van der Waals surface area contributed by atoms with Crippen LogP contribution in [0.1, 0.15) is 37.8 Å². The summed E-state index contributed by atoms with van der Waals surface area (Å²) in [6.45, 7) is 6.65. The summed E-state index contributed by atoms with van der Waals surface area (Å²) < 4.78 is 6.39. The van der Waals surface area contributed by atoms with Crippen molar-refractivity contribution in [3.05, 3.63) is 63.1 Å². The Balaban J connectivity index is 2.20. The number of nitrogens with zero attached hydrogens (tertiary/aromatic N) is 1. The first kappa shape index (κ1) is 24.2. The Morgan fingerprint density at radius 3 is 2.47 bits per heavy atom. The molecule has 0 aromatic heterocycles. The van der Waals surface area contributed by atoms with Crippen molar-refractivity contribution in [3.8, 4) is 5.75 Å². The molecule has 0 fully saturated rings. The SMILES string of the molecule is CCCNC(=O)[C@H](CC)N(Cc1ccc(C)cc1)C(=O)COc1ccc(Cl)cc1Br. The maximum atomic E-state index is 13.1. The second-order valence-corrected chi connectivity index (χ2v) is 8.38. The maximum Gasteiger partial charge on any atom is 0.261 e. The van der Waals surface area contributed by atoms with Gasteiger partial charge in [0.25, 0.3) is 5.91 Å². The minimum Gasteiger partial charge on any atom is -0.483 e. The van der Waals surface area contributed by atoms with Crippen molar-refractivity contribution in [2.24, 2.45) is 0 Å². The van der Waals surface area contributed by atoms with Gasteiger partial charge >= 0.3 is 0 Å². The molecule has 2 rings (SSSR count). The van der Waals surface area contributed by atoms with Crippen LogP contribution in [0, 0.1) is 6.92 Å². The van der Waals surface area contributed by atoms with Crippen LogP contribution < -0.4 is 10.1 Å². The number of rotatable bonds is 10. The van der Waals surface area contributed by atoms with Crippen molar-refractivity contribution in [1.82, 2.24) is 10.2 Å². The summed E-state index contributed by atoms with van der Waals surface area (Å²) in [4.78, 5) is 27.4. The number of aryl methyl sites for hydroxylation is 1. The smallest absolute Gasteiger partial charge is 0.261 e. The summed E-state index contributed by atoms with van der Waals surface area (Å²) in [5.41, 5.74) is 2.10. The molecule has 0 saturated heterocycles. The van der Waals surface area contributed by atoms with Crippen LogP contribution >= 0.6 is 27.5 Å². The molecule has 0 spiro atoms. The van der Waals surface area contributed by atoms with Crippen molar-refractivity contribution < 1.29 is 14.3 Å². The molecule has 0 radical (unpaired) electrons. The van der Waals surface area contributed by atoms with Crippen LogP contribution in [0.5, 0.6) is 5.75 Å². The number of nitrogens with one attached hydrogen (secondary N) is 1. The summed E-state index contributed by atoms with van der Waals surface area (Å²) in [6, 6.07) is 12.5.